The number of aliphatic hydroxyl groups is 1. The van der Waals surface area contributed by atoms with Crippen LogP contribution in [-0.2, 0) is 19.1 Å². The molecule has 0 amide bonds. The normalized spacial score (nSPS) is 41.5. The third-order valence-electron chi connectivity index (χ3n) is 7.08. The summed E-state index contributed by atoms with van der Waals surface area (Å²) < 4.78 is 16.3. The Morgan fingerprint density at radius 2 is 2.12 bits per heavy atom. The molecule has 1 aromatic rings. The van der Waals surface area contributed by atoms with E-state index in [9.17, 15) is 14.7 Å². The molecule has 1 saturated carbocycles. The zero-order valence-corrected chi connectivity index (χ0v) is 15.4. The first-order valence-electron chi connectivity index (χ1n) is 9.39. The SMILES string of the molecule is C[C@H](C[C@@H](O)[C@@]1(C)C(=O)CC[C@H]2O[C@]21C)[C@H]1C[C@H](c2ccoc2)OC1=O. The van der Waals surface area contributed by atoms with Crippen LogP contribution in [0.2, 0.25) is 0 Å². The van der Waals surface area contributed by atoms with Crippen molar-refractivity contribution in [3.63, 3.8) is 0 Å². The molecule has 1 aromatic heterocycles. The second-order valence-electron chi connectivity index (χ2n) is 8.43. The maximum Gasteiger partial charge on any atom is 0.309 e. The lowest BCUT2D eigenvalue weighted by molar-refractivity contribution is -0.146. The summed E-state index contributed by atoms with van der Waals surface area (Å²) in [4.78, 5) is 25.0. The summed E-state index contributed by atoms with van der Waals surface area (Å²) in [6.45, 7) is 5.67. The quantitative estimate of drug-likeness (QED) is 0.640. The van der Waals surface area contributed by atoms with Crippen LogP contribution in [0.25, 0.3) is 0 Å². The van der Waals surface area contributed by atoms with Gasteiger partial charge in [0.2, 0.25) is 0 Å². The summed E-state index contributed by atoms with van der Waals surface area (Å²) in [5, 5.41) is 11.0. The highest BCUT2D eigenvalue weighted by molar-refractivity contribution is 5.88. The number of carbonyl (C=O) groups is 2. The van der Waals surface area contributed by atoms with Crippen LogP contribution in [0.3, 0.4) is 0 Å². The minimum absolute atomic E-state index is 0.0528. The van der Waals surface area contributed by atoms with E-state index >= 15 is 0 Å². The molecule has 1 aliphatic carbocycles. The van der Waals surface area contributed by atoms with Crippen LogP contribution in [0.5, 0.6) is 0 Å². The number of Topliss-reactive ketones (excluding diaryl/α,β-unsaturated/α-hetero) is 1. The molecule has 3 heterocycles. The molecule has 0 spiro atoms. The number of cyclic esters (lactones) is 1. The van der Waals surface area contributed by atoms with Gasteiger partial charge in [-0.15, -0.1) is 0 Å². The van der Waals surface area contributed by atoms with Crippen LogP contribution in [-0.4, -0.2) is 34.7 Å². The summed E-state index contributed by atoms with van der Waals surface area (Å²) in [7, 11) is 0. The van der Waals surface area contributed by atoms with Gasteiger partial charge in [-0.2, -0.15) is 0 Å². The molecular formula is C20H26O6. The van der Waals surface area contributed by atoms with Gasteiger partial charge < -0.3 is 19.0 Å². The average Bonchev–Trinajstić information content (AvgIpc) is 2.96. The van der Waals surface area contributed by atoms with Gasteiger partial charge in [0.05, 0.1) is 36.1 Å². The third-order valence-corrected chi connectivity index (χ3v) is 7.08. The molecular weight excluding hydrogens is 336 g/mol. The van der Waals surface area contributed by atoms with Gasteiger partial charge >= 0.3 is 5.97 Å². The van der Waals surface area contributed by atoms with Crippen molar-refractivity contribution in [3.8, 4) is 0 Å². The number of hydrogen-bond donors (Lipinski definition) is 1. The largest absolute Gasteiger partial charge is 0.472 e. The number of ketones is 1. The van der Waals surface area contributed by atoms with Crippen LogP contribution in [0, 0.1) is 17.3 Å². The van der Waals surface area contributed by atoms with Gasteiger partial charge in [-0.3, -0.25) is 9.59 Å². The highest BCUT2D eigenvalue weighted by atomic mass is 16.6. The van der Waals surface area contributed by atoms with E-state index < -0.39 is 17.1 Å². The monoisotopic (exact) mass is 362 g/mol. The first-order chi connectivity index (χ1) is 12.3. The Kier molecular flexibility index (Phi) is 4.04. The van der Waals surface area contributed by atoms with Crippen molar-refractivity contribution in [3.05, 3.63) is 24.2 Å². The molecule has 0 aromatic carbocycles. The van der Waals surface area contributed by atoms with Gasteiger partial charge in [0.15, 0.2) is 0 Å². The minimum Gasteiger partial charge on any atom is -0.472 e. The fraction of sp³-hybridized carbons (Fsp3) is 0.700. The predicted molar refractivity (Wildman–Crippen MR) is 91.1 cm³/mol. The smallest absolute Gasteiger partial charge is 0.309 e. The van der Waals surface area contributed by atoms with E-state index in [2.05, 4.69) is 0 Å². The molecule has 6 heteroatoms. The van der Waals surface area contributed by atoms with Crippen molar-refractivity contribution in [2.24, 2.45) is 17.3 Å². The van der Waals surface area contributed by atoms with Crippen molar-refractivity contribution in [1.82, 2.24) is 0 Å². The molecule has 3 aliphatic rings. The Hall–Kier alpha value is -1.66. The van der Waals surface area contributed by atoms with Crippen LogP contribution in [0.1, 0.15) is 58.1 Å². The topological polar surface area (TPSA) is 89.3 Å². The van der Waals surface area contributed by atoms with E-state index in [1.54, 1.807) is 18.6 Å². The fourth-order valence-electron chi connectivity index (χ4n) is 4.85. The summed E-state index contributed by atoms with van der Waals surface area (Å²) in [6, 6.07) is 1.80. The standard InChI is InChI=1S/C20H26O6/c1-11(13-9-14(25-18(13)23)12-6-7-24-10-12)8-16(22)19(2)15(21)4-5-17-20(19,3)26-17/h6-7,10-11,13-14,16-17,22H,4-5,8-9H2,1-3H3/t11-,13-,14-,16-,17-,19-,20-/m1/s1. The molecule has 3 fully saturated rings. The molecule has 0 radical (unpaired) electrons. The van der Waals surface area contributed by atoms with E-state index in [0.29, 0.717) is 19.3 Å². The predicted octanol–water partition coefficient (Wildman–Crippen LogP) is 2.80. The second-order valence-corrected chi connectivity index (χ2v) is 8.43. The Bertz CT molecular complexity index is 712. The Labute approximate surface area is 152 Å². The minimum atomic E-state index is -0.920. The van der Waals surface area contributed by atoms with Crippen LogP contribution in [0.4, 0.5) is 0 Å². The molecule has 6 nitrogen and oxygen atoms in total. The zero-order chi connectivity index (χ0) is 18.7. The van der Waals surface area contributed by atoms with Gasteiger partial charge in [0.1, 0.15) is 17.5 Å². The average molecular weight is 362 g/mol. The summed E-state index contributed by atoms with van der Waals surface area (Å²) >= 11 is 0. The number of hydrogen-bond acceptors (Lipinski definition) is 6. The summed E-state index contributed by atoms with van der Waals surface area (Å²) in [5.41, 5.74) is -0.655. The van der Waals surface area contributed by atoms with Crippen molar-refractivity contribution >= 4 is 11.8 Å². The number of furan rings is 1. The third kappa shape index (κ3) is 2.46. The van der Waals surface area contributed by atoms with Crippen LogP contribution in [0.15, 0.2) is 23.0 Å². The van der Waals surface area contributed by atoms with Crippen molar-refractivity contribution in [2.45, 2.75) is 70.4 Å². The van der Waals surface area contributed by atoms with Gasteiger partial charge in [0, 0.05) is 18.4 Å². The van der Waals surface area contributed by atoms with Crippen LogP contribution < -0.4 is 0 Å². The number of aliphatic hydroxyl groups excluding tert-OH is 1. The van der Waals surface area contributed by atoms with Gasteiger partial charge in [0.25, 0.3) is 0 Å². The van der Waals surface area contributed by atoms with E-state index in [4.69, 9.17) is 13.9 Å². The van der Waals surface area contributed by atoms with Crippen molar-refractivity contribution in [2.75, 3.05) is 0 Å². The first kappa shape index (κ1) is 17.7. The molecule has 7 atom stereocenters. The molecule has 0 bridgehead atoms. The van der Waals surface area contributed by atoms with Crippen LogP contribution >= 0.6 is 0 Å². The molecule has 26 heavy (non-hydrogen) atoms. The number of ether oxygens (including phenoxy) is 2. The lowest BCUT2D eigenvalue weighted by Crippen LogP contribution is -2.54. The molecule has 142 valence electrons. The van der Waals surface area contributed by atoms with Gasteiger partial charge in [-0.05, 0) is 38.7 Å². The Balaban J connectivity index is 1.45. The van der Waals surface area contributed by atoms with E-state index in [1.807, 2.05) is 20.8 Å². The Morgan fingerprint density at radius 3 is 2.81 bits per heavy atom. The number of epoxide rings is 1. The van der Waals surface area contributed by atoms with Gasteiger partial charge in [-0.1, -0.05) is 6.92 Å². The highest BCUT2D eigenvalue weighted by Gasteiger charge is 2.71. The zero-order valence-electron chi connectivity index (χ0n) is 15.4. The Morgan fingerprint density at radius 1 is 1.35 bits per heavy atom. The van der Waals surface area contributed by atoms with E-state index in [1.165, 1.54) is 0 Å². The molecule has 2 aliphatic heterocycles. The second kappa shape index (κ2) is 5.92. The molecule has 2 saturated heterocycles. The van der Waals surface area contributed by atoms with Gasteiger partial charge in [-0.25, -0.2) is 0 Å². The lowest BCUT2D eigenvalue weighted by Gasteiger charge is -2.40. The number of rotatable bonds is 5. The number of carbonyl (C=O) groups excluding carboxylic acids is 2. The highest BCUT2D eigenvalue weighted by Crippen LogP contribution is 2.58. The van der Waals surface area contributed by atoms with Crippen molar-refractivity contribution in [1.29, 1.82) is 0 Å². The number of esters is 1. The summed E-state index contributed by atoms with van der Waals surface area (Å²) in [5.74, 6) is -0.584. The van der Waals surface area contributed by atoms with E-state index in [0.717, 1.165) is 12.0 Å². The van der Waals surface area contributed by atoms with E-state index in [-0.39, 0.29) is 35.8 Å². The first-order valence-corrected chi connectivity index (χ1v) is 9.39. The lowest BCUT2D eigenvalue weighted by atomic mass is 9.62. The molecule has 4 rings (SSSR count). The summed E-state index contributed by atoms with van der Waals surface area (Å²) in [6.07, 6.45) is 4.16. The van der Waals surface area contributed by atoms with Crippen molar-refractivity contribution < 1.29 is 28.6 Å². The fourth-order valence-corrected chi connectivity index (χ4v) is 4.85. The maximum atomic E-state index is 12.6. The molecule has 1 N–H and O–H groups in total. The maximum absolute atomic E-state index is 12.6. The molecule has 0 unspecified atom stereocenters. The number of fused-ring (bicyclic) bond motifs is 1.